The summed E-state index contributed by atoms with van der Waals surface area (Å²) in [5.74, 6) is 5.31. The molecule has 4 rings (SSSR count). The number of carbonyl (C=O) groups is 1. The molecule has 1 unspecified atom stereocenters. The second-order valence-corrected chi connectivity index (χ2v) is 7.31. The highest BCUT2D eigenvalue weighted by Gasteiger charge is 2.39. The quantitative estimate of drug-likeness (QED) is 0.252. The normalized spacial score (nSPS) is 20.5. The summed E-state index contributed by atoms with van der Waals surface area (Å²) in [5.41, 5.74) is 11.4. The standard InChI is InChI=1S/C22H21N5O/c1-22-11-10-18(13-17(22)12-16-4-2-3-5-19(16)22)25-21(28)15-8-6-14(7-9-15)20(26-23)27-24/h2-10,13,23H,11-12,24H2,1H3,(H,25,28)/p+1. The van der Waals surface area contributed by atoms with Gasteiger partial charge in [0.25, 0.3) is 5.91 Å². The molecule has 2 aromatic rings. The molecule has 0 spiro atoms. The number of carbonyl (C=O) groups excluding carboxylic acids is 1. The lowest BCUT2D eigenvalue weighted by Gasteiger charge is -2.30. The molecule has 2 aliphatic rings. The minimum Gasteiger partial charge on any atom is -0.322 e. The topological polar surface area (TPSA) is 105 Å². The number of fused-ring (bicyclic) bond motifs is 3. The van der Waals surface area contributed by atoms with Gasteiger partial charge in [0.05, 0.1) is 0 Å². The van der Waals surface area contributed by atoms with Crippen LogP contribution in [0, 0.1) is 0 Å². The molecular formula is C22H22N5O+. The number of amides is 1. The van der Waals surface area contributed by atoms with Crippen LogP contribution in [-0.2, 0) is 11.8 Å². The Labute approximate surface area is 163 Å². The molecule has 2 aromatic carbocycles. The van der Waals surface area contributed by atoms with Crippen molar-refractivity contribution in [2.45, 2.75) is 25.2 Å². The molecule has 6 nitrogen and oxygen atoms in total. The van der Waals surface area contributed by atoms with E-state index in [2.05, 4.69) is 58.9 Å². The first-order valence-corrected chi connectivity index (χ1v) is 9.15. The van der Waals surface area contributed by atoms with Gasteiger partial charge in [0.2, 0.25) is 5.84 Å². The molecule has 0 bridgehead atoms. The molecule has 0 fully saturated rings. The molecule has 0 aromatic heterocycles. The van der Waals surface area contributed by atoms with Crippen molar-refractivity contribution in [3.63, 3.8) is 0 Å². The van der Waals surface area contributed by atoms with Crippen LogP contribution in [0.2, 0.25) is 0 Å². The summed E-state index contributed by atoms with van der Waals surface area (Å²) in [6, 6.07) is 15.4. The van der Waals surface area contributed by atoms with Gasteiger partial charge in [-0.15, -0.1) is 0 Å². The average molecular weight is 372 g/mol. The van der Waals surface area contributed by atoms with Crippen LogP contribution in [-0.4, -0.2) is 11.7 Å². The molecule has 5 N–H and O–H groups in total. The van der Waals surface area contributed by atoms with Gasteiger partial charge in [-0.3, -0.25) is 4.79 Å². The number of hydrazone groups is 1. The van der Waals surface area contributed by atoms with Gasteiger partial charge in [0.1, 0.15) is 0 Å². The van der Waals surface area contributed by atoms with E-state index in [1.807, 2.05) is 0 Å². The fourth-order valence-electron chi connectivity index (χ4n) is 4.04. The maximum absolute atomic E-state index is 12.6. The Balaban J connectivity index is 1.51. The zero-order chi connectivity index (χ0) is 19.7. The fourth-order valence-corrected chi connectivity index (χ4v) is 4.04. The lowest BCUT2D eigenvalue weighted by molar-refractivity contribution is -0.206. The van der Waals surface area contributed by atoms with Gasteiger partial charge < -0.3 is 11.2 Å². The van der Waals surface area contributed by atoms with Crippen LogP contribution in [0.1, 0.15) is 40.4 Å². The van der Waals surface area contributed by atoms with Crippen molar-refractivity contribution in [3.8, 4) is 0 Å². The highest BCUT2D eigenvalue weighted by molar-refractivity contribution is 6.00. The molecule has 0 radical (unpaired) electrons. The molecule has 140 valence electrons. The summed E-state index contributed by atoms with van der Waals surface area (Å²) in [7, 11) is 0. The smallest absolute Gasteiger partial charge is 0.255 e. The van der Waals surface area contributed by atoms with Crippen LogP contribution < -0.4 is 16.7 Å². The van der Waals surface area contributed by atoms with E-state index in [-0.39, 0.29) is 17.2 Å². The lowest BCUT2D eigenvalue weighted by atomic mass is 9.75. The molecule has 0 heterocycles. The Morgan fingerprint density at radius 1 is 1.14 bits per heavy atom. The Kier molecular flexibility index (Phi) is 4.39. The highest BCUT2D eigenvalue weighted by atomic mass is 16.1. The molecular weight excluding hydrogens is 350 g/mol. The molecule has 0 saturated carbocycles. The zero-order valence-corrected chi connectivity index (χ0v) is 15.6. The lowest BCUT2D eigenvalue weighted by Crippen LogP contribution is -2.28. The first-order chi connectivity index (χ1) is 13.5. The van der Waals surface area contributed by atoms with Crippen molar-refractivity contribution >= 4 is 11.7 Å². The van der Waals surface area contributed by atoms with Crippen molar-refractivity contribution in [2.24, 2.45) is 16.1 Å². The molecule has 2 aliphatic carbocycles. The predicted molar refractivity (Wildman–Crippen MR) is 107 cm³/mol. The van der Waals surface area contributed by atoms with Crippen LogP contribution in [0.5, 0.6) is 0 Å². The number of nitrogens with zero attached hydrogens (tertiary/aromatic N) is 2. The van der Waals surface area contributed by atoms with E-state index < -0.39 is 0 Å². The van der Waals surface area contributed by atoms with Crippen LogP contribution >= 0.6 is 0 Å². The van der Waals surface area contributed by atoms with Gasteiger partial charge in [0, 0.05) is 27.4 Å². The van der Waals surface area contributed by atoms with Gasteiger partial charge in [0.15, 0.2) is 0 Å². The number of allylic oxidation sites excluding steroid dienone is 3. The van der Waals surface area contributed by atoms with E-state index in [4.69, 9.17) is 11.4 Å². The highest BCUT2D eigenvalue weighted by Crippen LogP contribution is 2.47. The SMILES string of the molecule is CC12CC=C(NC(=O)c3ccc(C(N=[NH2+])=NN)cc3)C=C1Cc1ccccc12. The van der Waals surface area contributed by atoms with E-state index in [0.29, 0.717) is 11.1 Å². The maximum atomic E-state index is 12.6. The molecule has 0 aliphatic heterocycles. The first-order valence-electron chi connectivity index (χ1n) is 9.15. The van der Waals surface area contributed by atoms with E-state index in [0.717, 1.165) is 18.5 Å². The third-order valence-corrected chi connectivity index (χ3v) is 5.67. The molecule has 0 saturated heterocycles. The second kappa shape index (κ2) is 6.88. The van der Waals surface area contributed by atoms with Crippen LogP contribution in [0.15, 0.2) is 82.2 Å². The van der Waals surface area contributed by atoms with E-state index in [9.17, 15) is 4.79 Å². The third kappa shape index (κ3) is 2.93. The van der Waals surface area contributed by atoms with Crippen LogP contribution in [0.4, 0.5) is 0 Å². The first kappa shape index (κ1) is 17.9. The predicted octanol–water partition coefficient (Wildman–Crippen LogP) is 1.98. The second-order valence-electron chi connectivity index (χ2n) is 7.31. The summed E-state index contributed by atoms with van der Waals surface area (Å²) in [6.07, 6.45) is 6.02. The number of rotatable bonds is 3. The third-order valence-electron chi connectivity index (χ3n) is 5.67. The Morgan fingerprint density at radius 3 is 2.57 bits per heavy atom. The summed E-state index contributed by atoms with van der Waals surface area (Å²) >= 11 is 0. The molecule has 6 heteroatoms. The van der Waals surface area contributed by atoms with Crippen molar-refractivity contribution in [1.82, 2.24) is 5.32 Å². The van der Waals surface area contributed by atoms with Gasteiger partial charge in [-0.2, -0.15) is 10.6 Å². The summed E-state index contributed by atoms with van der Waals surface area (Å²) < 4.78 is 0. The number of hydrogen-bond acceptors (Lipinski definition) is 3. The minimum absolute atomic E-state index is 0.0240. The Bertz CT molecular complexity index is 1050. The van der Waals surface area contributed by atoms with Gasteiger partial charge in [-0.1, -0.05) is 55.0 Å². The minimum atomic E-state index is -0.162. The zero-order valence-electron chi connectivity index (χ0n) is 15.6. The summed E-state index contributed by atoms with van der Waals surface area (Å²) in [5, 5.41) is 10.0. The molecule has 28 heavy (non-hydrogen) atoms. The monoisotopic (exact) mass is 372 g/mol. The fraction of sp³-hybridized carbons (Fsp3) is 0.182. The number of nitrogens with one attached hydrogen (secondary N) is 1. The average Bonchev–Trinajstić information content (AvgIpc) is 3.01. The summed E-state index contributed by atoms with van der Waals surface area (Å²) in [6.45, 7) is 2.28. The number of nitrogens with two attached hydrogens (primary N) is 2. The van der Waals surface area contributed by atoms with Crippen molar-refractivity contribution in [3.05, 3.63) is 94.2 Å². The number of amidine groups is 1. The van der Waals surface area contributed by atoms with E-state index >= 15 is 0 Å². The Hall–Kier alpha value is -3.54. The molecule has 1 atom stereocenters. The van der Waals surface area contributed by atoms with Crippen LogP contribution in [0.25, 0.3) is 0 Å². The largest absolute Gasteiger partial charge is 0.322 e. The maximum Gasteiger partial charge on any atom is 0.255 e. The molecule has 1 amide bonds. The summed E-state index contributed by atoms with van der Waals surface area (Å²) in [4.78, 5) is 12.6. The van der Waals surface area contributed by atoms with Gasteiger partial charge >= 0.3 is 0 Å². The van der Waals surface area contributed by atoms with Crippen molar-refractivity contribution in [2.75, 3.05) is 0 Å². The van der Waals surface area contributed by atoms with E-state index in [1.165, 1.54) is 16.7 Å². The number of benzene rings is 2. The van der Waals surface area contributed by atoms with Crippen molar-refractivity contribution < 1.29 is 10.3 Å². The van der Waals surface area contributed by atoms with Crippen LogP contribution in [0.3, 0.4) is 0 Å². The number of hydrogen-bond donors (Lipinski definition) is 3. The Morgan fingerprint density at radius 2 is 1.86 bits per heavy atom. The van der Waals surface area contributed by atoms with E-state index in [1.54, 1.807) is 24.3 Å². The van der Waals surface area contributed by atoms with Gasteiger partial charge in [-0.25, -0.2) is 0 Å². The van der Waals surface area contributed by atoms with Gasteiger partial charge in [-0.05, 0) is 42.2 Å². The van der Waals surface area contributed by atoms with Crippen molar-refractivity contribution in [1.29, 1.82) is 0 Å².